The second-order valence-electron chi connectivity index (χ2n) is 5.94. The number of hydrogen-bond donors (Lipinski definition) is 1. The fraction of sp³-hybridized carbons (Fsp3) is 0.263. The van der Waals surface area contributed by atoms with Gasteiger partial charge in [0.15, 0.2) is 0 Å². The van der Waals surface area contributed by atoms with E-state index < -0.39 is 0 Å². The zero-order chi connectivity index (χ0) is 16.2. The third kappa shape index (κ3) is 3.77. The molecular weight excluding hydrogens is 288 g/mol. The van der Waals surface area contributed by atoms with Crippen molar-refractivity contribution in [3.8, 4) is 0 Å². The fourth-order valence-electron chi connectivity index (χ4n) is 2.69. The van der Waals surface area contributed by atoms with E-state index in [1.807, 2.05) is 48.2 Å². The van der Waals surface area contributed by atoms with Gasteiger partial charge in [-0.15, -0.1) is 0 Å². The van der Waals surface area contributed by atoms with E-state index in [2.05, 4.69) is 5.32 Å². The van der Waals surface area contributed by atoms with Crippen molar-refractivity contribution in [3.05, 3.63) is 65.2 Å². The molecule has 1 N–H and O–H groups in total. The largest absolute Gasteiger partial charge is 0.338 e. The summed E-state index contributed by atoms with van der Waals surface area (Å²) in [4.78, 5) is 25.7. The summed E-state index contributed by atoms with van der Waals surface area (Å²) >= 11 is 0. The molecular formula is C19H20N2O2. The monoisotopic (exact) mass is 308 g/mol. The minimum Gasteiger partial charge on any atom is -0.338 e. The molecule has 2 amide bonds. The molecule has 1 aliphatic rings. The van der Waals surface area contributed by atoms with E-state index in [1.54, 1.807) is 12.1 Å². The Balaban J connectivity index is 1.63. The topological polar surface area (TPSA) is 49.4 Å². The predicted molar refractivity (Wildman–Crippen MR) is 90.2 cm³/mol. The lowest BCUT2D eigenvalue weighted by atomic mass is 10.1. The molecule has 0 aliphatic carbocycles. The first kappa shape index (κ1) is 15.3. The number of nitrogens with one attached hydrogen (secondary N) is 1. The van der Waals surface area contributed by atoms with Gasteiger partial charge in [0.05, 0.1) is 0 Å². The Morgan fingerprint density at radius 3 is 2.39 bits per heavy atom. The Morgan fingerprint density at radius 2 is 1.78 bits per heavy atom. The third-order valence-electron chi connectivity index (χ3n) is 4.07. The average molecular weight is 308 g/mol. The molecule has 0 radical (unpaired) electrons. The Hall–Kier alpha value is -2.62. The Kier molecular flexibility index (Phi) is 4.42. The lowest BCUT2D eigenvalue weighted by Gasteiger charge is -2.15. The molecule has 23 heavy (non-hydrogen) atoms. The molecule has 3 rings (SSSR count). The number of benzene rings is 2. The summed E-state index contributed by atoms with van der Waals surface area (Å²) in [6.07, 6.45) is 1.59. The molecule has 4 heteroatoms. The minimum atomic E-state index is -0.127. The molecule has 0 saturated carbocycles. The van der Waals surface area contributed by atoms with Gasteiger partial charge in [0.2, 0.25) is 5.91 Å². The number of amides is 2. The first-order chi connectivity index (χ1) is 11.1. The SMILES string of the molecule is Cc1ccc(NC(=O)c2ccc(CN3CCCC3=O)cc2)cc1. The number of carbonyl (C=O) groups is 2. The molecule has 2 aromatic carbocycles. The highest BCUT2D eigenvalue weighted by Gasteiger charge is 2.19. The normalized spacial score (nSPS) is 14.1. The van der Waals surface area contributed by atoms with Crippen LogP contribution in [0.5, 0.6) is 0 Å². The van der Waals surface area contributed by atoms with Crippen LogP contribution in [-0.4, -0.2) is 23.3 Å². The van der Waals surface area contributed by atoms with Crippen LogP contribution in [0.25, 0.3) is 0 Å². The van der Waals surface area contributed by atoms with Gasteiger partial charge in [-0.1, -0.05) is 29.8 Å². The van der Waals surface area contributed by atoms with E-state index in [0.29, 0.717) is 18.5 Å². The molecule has 0 aromatic heterocycles. The van der Waals surface area contributed by atoms with Gasteiger partial charge in [0.25, 0.3) is 5.91 Å². The summed E-state index contributed by atoms with van der Waals surface area (Å²) in [5, 5.41) is 2.88. The molecule has 1 fully saturated rings. The number of hydrogen-bond acceptors (Lipinski definition) is 2. The summed E-state index contributed by atoms with van der Waals surface area (Å²) < 4.78 is 0. The molecule has 0 spiro atoms. The van der Waals surface area contributed by atoms with Crippen molar-refractivity contribution in [1.82, 2.24) is 4.90 Å². The smallest absolute Gasteiger partial charge is 0.255 e. The van der Waals surface area contributed by atoms with Crippen LogP contribution in [0, 0.1) is 6.92 Å². The van der Waals surface area contributed by atoms with Gasteiger partial charge in [-0.3, -0.25) is 9.59 Å². The highest BCUT2D eigenvalue weighted by atomic mass is 16.2. The van der Waals surface area contributed by atoms with E-state index in [-0.39, 0.29) is 11.8 Å². The molecule has 1 aliphatic heterocycles. The fourth-order valence-corrected chi connectivity index (χ4v) is 2.69. The maximum atomic E-state index is 12.2. The van der Waals surface area contributed by atoms with Crippen LogP contribution in [0.4, 0.5) is 5.69 Å². The highest BCUT2D eigenvalue weighted by molar-refractivity contribution is 6.04. The van der Waals surface area contributed by atoms with E-state index >= 15 is 0 Å². The molecule has 118 valence electrons. The van der Waals surface area contributed by atoms with Crippen molar-refractivity contribution < 1.29 is 9.59 Å². The van der Waals surface area contributed by atoms with Crippen LogP contribution in [0.1, 0.15) is 34.3 Å². The molecule has 0 bridgehead atoms. The average Bonchev–Trinajstić information content (AvgIpc) is 2.95. The van der Waals surface area contributed by atoms with E-state index in [0.717, 1.165) is 29.8 Å². The quantitative estimate of drug-likeness (QED) is 0.941. The van der Waals surface area contributed by atoms with Crippen molar-refractivity contribution in [1.29, 1.82) is 0 Å². The van der Waals surface area contributed by atoms with Crippen molar-refractivity contribution in [3.63, 3.8) is 0 Å². The van der Waals surface area contributed by atoms with Crippen LogP contribution >= 0.6 is 0 Å². The van der Waals surface area contributed by atoms with Crippen LogP contribution in [0.15, 0.2) is 48.5 Å². The summed E-state index contributed by atoms with van der Waals surface area (Å²) in [6, 6.07) is 15.1. The second-order valence-corrected chi connectivity index (χ2v) is 5.94. The molecule has 0 atom stereocenters. The van der Waals surface area contributed by atoms with Crippen LogP contribution < -0.4 is 5.32 Å². The lowest BCUT2D eigenvalue weighted by molar-refractivity contribution is -0.128. The molecule has 1 heterocycles. The van der Waals surface area contributed by atoms with Gasteiger partial charge < -0.3 is 10.2 Å². The molecule has 0 unspecified atom stereocenters. The van der Waals surface area contributed by atoms with Gasteiger partial charge in [0, 0.05) is 30.8 Å². The molecule has 4 nitrogen and oxygen atoms in total. The Morgan fingerprint density at radius 1 is 1.09 bits per heavy atom. The summed E-state index contributed by atoms with van der Waals surface area (Å²) in [5.74, 6) is 0.0869. The van der Waals surface area contributed by atoms with Crippen molar-refractivity contribution in [2.45, 2.75) is 26.3 Å². The maximum absolute atomic E-state index is 12.2. The number of nitrogens with zero attached hydrogens (tertiary/aromatic N) is 1. The number of carbonyl (C=O) groups excluding carboxylic acids is 2. The molecule has 2 aromatic rings. The maximum Gasteiger partial charge on any atom is 0.255 e. The van der Waals surface area contributed by atoms with Crippen molar-refractivity contribution in [2.24, 2.45) is 0 Å². The second kappa shape index (κ2) is 6.65. The first-order valence-corrected chi connectivity index (χ1v) is 7.86. The number of likely N-dealkylation sites (tertiary alicyclic amines) is 1. The lowest BCUT2D eigenvalue weighted by Crippen LogP contribution is -2.23. The predicted octanol–water partition coefficient (Wildman–Crippen LogP) is 3.37. The van der Waals surface area contributed by atoms with Gasteiger partial charge >= 0.3 is 0 Å². The van der Waals surface area contributed by atoms with Crippen LogP contribution in [-0.2, 0) is 11.3 Å². The highest BCUT2D eigenvalue weighted by Crippen LogP contribution is 2.16. The summed E-state index contributed by atoms with van der Waals surface area (Å²) in [6.45, 7) is 3.46. The Labute approximate surface area is 136 Å². The van der Waals surface area contributed by atoms with Gasteiger partial charge in [0.1, 0.15) is 0 Å². The standard InChI is InChI=1S/C19H20N2O2/c1-14-4-10-17(11-5-14)20-19(23)16-8-6-15(7-9-16)13-21-12-2-3-18(21)22/h4-11H,2-3,12-13H2,1H3,(H,20,23). The zero-order valence-corrected chi connectivity index (χ0v) is 13.2. The minimum absolute atomic E-state index is 0.127. The number of aryl methyl sites for hydroxylation is 1. The number of rotatable bonds is 4. The molecule has 1 saturated heterocycles. The first-order valence-electron chi connectivity index (χ1n) is 7.86. The van der Waals surface area contributed by atoms with E-state index in [4.69, 9.17) is 0 Å². The van der Waals surface area contributed by atoms with Gasteiger partial charge in [-0.05, 0) is 43.2 Å². The van der Waals surface area contributed by atoms with Crippen LogP contribution in [0.2, 0.25) is 0 Å². The Bertz CT molecular complexity index is 705. The zero-order valence-electron chi connectivity index (χ0n) is 13.2. The van der Waals surface area contributed by atoms with Crippen LogP contribution in [0.3, 0.4) is 0 Å². The van der Waals surface area contributed by atoms with Gasteiger partial charge in [-0.2, -0.15) is 0 Å². The van der Waals surface area contributed by atoms with E-state index in [9.17, 15) is 9.59 Å². The van der Waals surface area contributed by atoms with Gasteiger partial charge in [-0.25, -0.2) is 0 Å². The van der Waals surface area contributed by atoms with Crippen molar-refractivity contribution in [2.75, 3.05) is 11.9 Å². The summed E-state index contributed by atoms with van der Waals surface area (Å²) in [7, 11) is 0. The summed E-state index contributed by atoms with van der Waals surface area (Å²) in [5.41, 5.74) is 3.60. The third-order valence-corrected chi connectivity index (χ3v) is 4.07. The number of anilines is 1. The van der Waals surface area contributed by atoms with E-state index in [1.165, 1.54) is 0 Å². The van der Waals surface area contributed by atoms with Crippen molar-refractivity contribution >= 4 is 17.5 Å².